The van der Waals surface area contributed by atoms with Crippen molar-refractivity contribution >= 4 is 11.8 Å². The fourth-order valence-corrected chi connectivity index (χ4v) is 3.22. The van der Waals surface area contributed by atoms with Gasteiger partial charge in [-0.15, -0.1) is 0 Å². The predicted octanol–water partition coefficient (Wildman–Crippen LogP) is 1.45. The van der Waals surface area contributed by atoms with E-state index in [1.165, 1.54) is 11.1 Å². The zero-order chi connectivity index (χ0) is 13.9. The first-order valence-electron chi connectivity index (χ1n) is 7.39. The molecule has 1 aromatic carbocycles. The maximum Gasteiger partial charge on any atom is 0.230 e. The molecule has 1 aromatic rings. The Hall–Kier alpha value is -1.84. The Morgan fingerprint density at radius 3 is 2.95 bits per heavy atom. The van der Waals surface area contributed by atoms with E-state index in [1.807, 2.05) is 17.0 Å². The fourth-order valence-electron chi connectivity index (χ4n) is 3.22. The van der Waals surface area contributed by atoms with Crippen LogP contribution >= 0.6 is 0 Å². The number of carbonyl (C=O) groups is 2. The third-order valence-corrected chi connectivity index (χ3v) is 4.29. The highest BCUT2D eigenvalue weighted by Gasteiger charge is 2.30. The summed E-state index contributed by atoms with van der Waals surface area (Å²) in [5.74, 6) is 0.214. The summed E-state index contributed by atoms with van der Waals surface area (Å²) in [6.45, 7) is 1.74. The van der Waals surface area contributed by atoms with Gasteiger partial charge in [-0.25, -0.2) is 0 Å². The van der Waals surface area contributed by atoms with Crippen LogP contribution in [0.1, 0.15) is 36.3 Å². The van der Waals surface area contributed by atoms with Crippen LogP contribution in [-0.4, -0.2) is 36.3 Å². The molecule has 1 fully saturated rings. The van der Waals surface area contributed by atoms with E-state index in [4.69, 9.17) is 0 Å². The largest absolute Gasteiger partial charge is 0.354 e. The molecule has 1 heterocycles. The van der Waals surface area contributed by atoms with Gasteiger partial charge in [0, 0.05) is 26.1 Å². The molecule has 1 N–H and O–H groups in total. The number of benzene rings is 1. The topological polar surface area (TPSA) is 49.4 Å². The van der Waals surface area contributed by atoms with E-state index in [9.17, 15) is 9.59 Å². The normalized spacial score (nSPS) is 22.7. The Labute approximate surface area is 119 Å². The summed E-state index contributed by atoms with van der Waals surface area (Å²) < 4.78 is 0. The van der Waals surface area contributed by atoms with Crippen LogP contribution in [0.25, 0.3) is 0 Å². The van der Waals surface area contributed by atoms with Gasteiger partial charge in [0.1, 0.15) is 0 Å². The molecule has 4 heteroatoms. The molecule has 0 aromatic heterocycles. The third kappa shape index (κ3) is 2.55. The summed E-state index contributed by atoms with van der Waals surface area (Å²) in [5.41, 5.74) is 2.49. The monoisotopic (exact) mass is 272 g/mol. The molecule has 0 bridgehead atoms. The minimum atomic E-state index is -0.0202. The lowest BCUT2D eigenvalue weighted by molar-refractivity contribution is -0.133. The zero-order valence-electron chi connectivity index (χ0n) is 11.6. The highest BCUT2D eigenvalue weighted by atomic mass is 16.2. The van der Waals surface area contributed by atoms with Gasteiger partial charge in [0.2, 0.25) is 11.8 Å². The maximum atomic E-state index is 12.8. The molecule has 0 spiro atoms. The van der Waals surface area contributed by atoms with Gasteiger partial charge >= 0.3 is 0 Å². The molecule has 2 amide bonds. The first-order valence-corrected chi connectivity index (χ1v) is 7.39. The van der Waals surface area contributed by atoms with Gasteiger partial charge in [-0.3, -0.25) is 9.59 Å². The molecule has 1 aliphatic carbocycles. The lowest BCUT2D eigenvalue weighted by atomic mass is 9.82. The summed E-state index contributed by atoms with van der Waals surface area (Å²) in [6.07, 6.45) is 3.48. The number of rotatable bonds is 1. The van der Waals surface area contributed by atoms with Crippen LogP contribution in [-0.2, 0) is 16.0 Å². The maximum absolute atomic E-state index is 12.8. The number of hydrogen-bond donors (Lipinski definition) is 1. The standard InChI is InChI=1S/C16H20N2O2/c19-15-8-10-18(11-9-17-15)16(20)14-7-3-5-12-4-1-2-6-13(12)14/h1-2,4,6,14H,3,5,7-11H2,(H,17,19). The summed E-state index contributed by atoms with van der Waals surface area (Å²) in [7, 11) is 0. The molecule has 106 valence electrons. The highest BCUT2D eigenvalue weighted by Crippen LogP contribution is 2.32. The highest BCUT2D eigenvalue weighted by molar-refractivity contribution is 5.85. The number of hydrogen-bond acceptors (Lipinski definition) is 2. The van der Waals surface area contributed by atoms with E-state index in [1.54, 1.807) is 0 Å². The molecule has 0 radical (unpaired) electrons. The fraction of sp³-hybridized carbons (Fsp3) is 0.500. The van der Waals surface area contributed by atoms with Gasteiger partial charge in [0.15, 0.2) is 0 Å². The van der Waals surface area contributed by atoms with E-state index in [0.717, 1.165) is 19.3 Å². The molecule has 3 rings (SSSR count). The summed E-state index contributed by atoms with van der Waals surface area (Å²) in [4.78, 5) is 26.0. The summed E-state index contributed by atoms with van der Waals surface area (Å²) in [5, 5.41) is 2.82. The van der Waals surface area contributed by atoms with Gasteiger partial charge in [-0.1, -0.05) is 24.3 Å². The SMILES string of the molecule is O=C1CCN(C(=O)C2CCCc3ccccc32)CCN1. The average Bonchev–Trinajstić information content (AvgIpc) is 2.71. The van der Waals surface area contributed by atoms with Crippen LogP contribution in [0.2, 0.25) is 0 Å². The van der Waals surface area contributed by atoms with Crippen LogP contribution in [0.4, 0.5) is 0 Å². The van der Waals surface area contributed by atoms with Crippen LogP contribution in [0.5, 0.6) is 0 Å². The summed E-state index contributed by atoms with van der Waals surface area (Å²) in [6, 6.07) is 8.26. The Morgan fingerprint density at radius 2 is 2.05 bits per heavy atom. The van der Waals surface area contributed by atoms with Crippen molar-refractivity contribution in [3.63, 3.8) is 0 Å². The first-order chi connectivity index (χ1) is 9.75. The molecule has 0 saturated carbocycles. The van der Waals surface area contributed by atoms with Crippen LogP contribution in [0, 0.1) is 0 Å². The van der Waals surface area contributed by atoms with Crippen molar-refractivity contribution in [1.29, 1.82) is 0 Å². The lowest BCUT2D eigenvalue weighted by Crippen LogP contribution is -2.38. The second kappa shape index (κ2) is 5.65. The first kappa shape index (κ1) is 13.2. The molecule has 20 heavy (non-hydrogen) atoms. The van der Waals surface area contributed by atoms with Crippen molar-refractivity contribution in [3.8, 4) is 0 Å². The molecule has 4 nitrogen and oxygen atoms in total. The van der Waals surface area contributed by atoms with Gasteiger partial charge in [-0.2, -0.15) is 0 Å². The number of carbonyl (C=O) groups excluding carboxylic acids is 2. The zero-order valence-corrected chi connectivity index (χ0v) is 11.6. The number of amides is 2. The molecule has 1 saturated heterocycles. The number of nitrogens with one attached hydrogen (secondary N) is 1. The van der Waals surface area contributed by atoms with Crippen LogP contribution in [0.3, 0.4) is 0 Å². The summed E-state index contributed by atoms with van der Waals surface area (Å²) >= 11 is 0. The smallest absolute Gasteiger partial charge is 0.230 e. The Kier molecular flexibility index (Phi) is 3.72. The van der Waals surface area contributed by atoms with Gasteiger partial charge in [0.25, 0.3) is 0 Å². The van der Waals surface area contributed by atoms with Crippen LogP contribution in [0.15, 0.2) is 24.3 Å². The average molecular weight is 272 g/mol. The van der Waals surface area contributed by atoms with E-state index in [0.29, 0.717) is 26.1 Å². The molecule has 1 atom stereocenters. The van der Waals surface area contributed by atoms with Crippen molar-refractivity contribution in [2.45, 2.75) is 31.6 Å². The third-order valence-electron chi connectivity index (χ3n) is 4.29. The number of nitrogens with zero attached hydrogens (tertiary/aromatic N) is 1. The second-order valence-electron chi connectivity index (χ2n) is 5.57. The van der Waals surface area contributed by atoms with Crippen molar-refractivity contribution in [3.05, 3.63) is 35.4 Å². The van der Waals surface area contributed by atoms with Crippen molar-refractivity contribution in [1.82, 2.24) is 10.2 Å². The predicted molar refractivity (Wildman–Crippen MR) is 76.3 cm³/mol. The lowest BCUT2D eigenvalue weighted by Gasteiger charge is -2.29. The van der Waals surface area contributed by atoms with Crippen molar-refractivity contribution < 1.29 is 9.59 Å². The molecule has 1 aliphatic heterocycles. The van der Waals surface area contributed by atoms with Crippen molar-refractivity contribution in [2.24, 2.45) is 0 Å². The Bertz CT molecular complexity index is 527. The number of fused-ring (bicyclic) bond motifs is 1. The second-order valence-corrected chi connectivity index (χ2v) is 5.57. The van der Waals surface area contributed by atoms with Gasteiger partial charge in [-0.05, 0) is 30.4 Å². The Balaban J connectivity index is 1.79. The molecular formula is C16H20N2O2. The van der Waals surface area contributed by atoms with Crippen LogP contribution < -0.4 is 5.32 Å². The van der Waals surface area contributed by atoms with Crippen molar-refractivity contribution in [2.75, 3.05) is 19.6 Å². The van der Waals surface area contributed by atoms with E-state index in [2.05, 4.69) is 17.4 Å². The number of aryl methyl sites for hydroxylation is 1. The molecule has 2 aliphatic rings. The molecular weight excluding hydrogens is 252 g/mol. The van der Waals surface area contributed by atoms with Gasteiger partial charge in [0.05, 0.1) is 5.92 Å². The quantitative estimate of drug-likeness (QED) is 0.841. The minimum Gasteiger partial charge on any atom is -0.354 e. The van der Waals surface area contributed by atoms with Gasteiger partial charge < -0.3 is 10.2 Å². The Morgan fingerprint density at radius 1 is 1.20 bits per heavy atom. The van der Waals surface area contributed by atoms with E-state index < -0.39 is 0 Å². The van der Waals surface area contributed by atoms with E-state index >= 15 is 0 Å². The van der Waals surface area contributed by atoms with E-state index in [-0.39, 0.29) is 17.7 Å². The molecule has 1 unspecified atom stereocenters. The minimum absolute atomic E-state index is 0.0202.